The molecule has 1 aliphatic heterocycles. The van der Waals surface area contributed by atoms with Crippen molar-refractivity contribution >= 4 is 5.97 Å². The molecular weight excluding hydrogens is 164 g/mol. The van der Waals surface area contributed by atoms with E-state index < -0.39 is 0 Å². The Hall–Kier alpha value is -0.790. The molecule has 1 heterocycles. The molecule has 0 spiro atoms. The van der Waals surface area contributed by atoms with Crippen LogP contribution in [0.4, 0.5) is 0 Å². The van der Waals surface area contributed by atoms with Gasteiger partial charge in [-0.25, -0.2) is 0 Å². The van der Waals surface area contributed by atoms with Gasteiger partial charge in [-0.1, -0.05) is 36.1 Å². The van der Waals surface area contributed by atoms with E-state index in [2.05, 4.69) is 0 Å². The van der Waals surface area contributed by atoms with Gasteiger partial charge in [0.1, 0.15) is 11.7 Å². The third kappa shape index (κ3) is 3.62. The Kier molecular flexibility index (Phi) is 10.9. The number of esters is 1. The Balaban J connectivity index is -0.000000333. The second-order valence-electron chi connectivity index (χ2n) is 2.40. The van der Waals surface area contributed by atoms with Gasteiger partial charge >= 0.3 is 5.97 Å². The average Bonchev–Trinajstić information content (AvgIpc) is 1.88. The lowest BCUT2D eigenvalue weighted by Crippen LogP contribution is -2.31. The van der Waals surface area contributed by atoms with Gasteiger partial charge < -0.3 is 4.74 Å². The first-order valence-corrected chi connectivity index (χ1v) is 3.71. The molecule has 2 heteroatoms. The van der Waals surface area contributed by atoms with Crippen molar-refractivity contribution in [2.75, 3.05) is 0 Å². The second-order valence-corrected chi connectivity index (χ2v) is 2.40. The van der Waals surface area contributed by atoms with Gasteiger partial charge in [-0.05, 0) is 18.9 Å². The minimum absolute atomic E-state index is 0. The summed E-state index contributed by atoms with van der Waals surface area (Å²) in [5.74, 6) is 0.872. The lowest BCUT2D eigenvalue weighted by Gasteiger charge is -2.26. The number of rotatable bonds is 2. The third-order valence-electron chi connectivity index (χ3n) is 1.66. The van der Waals surface area contributed by atoms with Crippen molar-refractivity contribution in [2.24, 2.45) is 5.92 Å². The molecule has 0 aromatic heterocycles. The Morgan fingerprint density at radius 2 is 1.85 bits per heavy atom. The number of carbonyl (C=O) groups excluding carboxylic acids is 1. The number of ether oxygens (including phenoxy) is 1. The number of carbonyl (C=O) groups is 1. The van der Waals surface area contributed by atoms with Crippen LogP contribution in [0.15, 0.2) is 11.8 Å². The zero-order valence-corrected chi connectivity index (χ0v) is 6.39. The number of allylic oxidation sites excluding steroid dienone is 1. The fourth-order valence-corrected chi connectivity index (χ4v) is 1.07. The van der Waals surface area contributed by atoms with Gasteiger partial charge in [-0.3, -0.25) is 4.79 Å². The van der Waals surface area contributed by atoms with Crippen LogP contribution in [0.3, 0.4) is 0 Å². The Labute approximate surface area is 83.0 Å². The zero-order chi connectivity index (χ0) is 7.56. The Bertz CT molecular complexity index is 171. The summed E-state index contributed by atoms with van der Waals surface area (Å²) in [5, 5.41) is 0. The topological polar surface area (TPSA) is 26.3 Å². The van der Waals surface area contributed by atoms with E-state index >= 15 is 0 Å². The first kappa shape index (κ1) is 18.1. The molecule has 0 bridgehead atoms. The van der Waals surface area contributed by atoms with Gasteiger partial charge in [-0.2, -0.15) is 0 Å². The molecule has 0 aromatic carbocycles. The maximum Gasteiger partial charge on any atom is 0.321 e. The van der Waals surface area contributed by atoms with E-state index in [0.717, 1.165) is 18.6 Å². The standard InChI is InChI=1S/C8H12O2.3CH4/c1-3-5-7-6(4-2)8(9)10-7;;;/h5-6H,3-4H2,1-2H3;3*1H4/b7-5-;;;. The zero-order valence-electron chi connectivity index (χ0n) is 6.39. The van der Waals surface area contributed by atoms with E-state index in [4.69, 9.17) is 4.74 Å². The molecule has 80 valence electrons. The highest BCUT2D eigenvalue weighted by Crippen LogP contribution is 2.29. The molecule has 1 unspecified atom stereocenters. The monoisotopic (exact) mass is 188 g/mol. The molecular formula is C11H24O2. The molecule has 0 aliphatic carbocycles. The Morgan fingerprint density at radius 3 is 2.15 bits per heavy atom. The van der Waals surface area contributed by atoms with E-state index in [1.165, 1.54) is 0 Å². The SMILES string of the molecule is C.C.C.CC/C=C1\OC(=O)C1CC. The summed E-state index contributed by atoms with van der Waals surface area (Å²) in [7, 11) is 0. The highest BCUT2D eigenvalue weighted by molar-refractivity contribution is 5.82. The average molecular weight is 188 g/mol. The van der Waals surface area contributed by atoms with Crippen LogP contribution in [0.5, 0.6) is 0 Å². The largest absolute Gasteiger partial charge is 0.430 e. The summed E-state index contributed by atoms with van der Waals surface area (Å²) in [5.41, 5.74) is 0. The Morgan fingerprint density at radius 1 is 1.31 bits per heavy atom. The predicted octanol–water partition coefficient (Wildman–Crippen LogP) is 3.77. The molecule has 0 aromatic rings. The molecule has 1 saturated heterocycles. The van der Waals surface area contributed by atoms with Gasteiger partial charge in [0, 0.05) is 0 Å². The van der Waals surface area contributed by atoms with Gasteiger partial charge in [0.25, 0.3) is 0 Å². The second kappa shape index (κ2) is 7.84. The summed E-state index contributed by atoms with van der Waals surface area (Å²) in [6.07, 6.45) is 3.78. The van der Waals surface area contributed by atoms with Gasteiger partial charge in [0.15, 0.2) is 0 Å². The lowest BCUT2D eigenvalue weighted by atomic mass is 9.99. The van der Waals surface area contributed by atoms with Crippen molar-refractivity contribution < 1.29 is 9.53 Å². The van der Waals surface area contributed by atoms with Crippen LogP contribution >= 0.6 is 0 Å². The number of cyclic esters (lactones) is 1. The summed E-state index contributed by atoms with van der Waals surface area (Å²) in [6, 6.07) is 0. The maximum absolute atomic E-state index is 10.7. The summed E-state index contributed by atoms with van der Waals surface area (Å²) < 4.78 is 4.81. The number of hydrogen-bond donors (Lipinski definition) is 0. The first-order valence-electron chi connectivity index (χ1n) is 3.71. The van der Waals surface area contributed by atoms with E-state index in [-0.39, 0.29) is 34.2 Å². The number of hydrogen-bond acceptors (Lipinski definition) is 2. The summed E-state index contributed by atoms with van der Waals surface area (Å²) in [4.78, 5) is 10.7. The maximum atomic E-state index is 10.7. The highest BCUT2D eigenvalue weighted by atomic mass is 16.6. The summed E-state index contributed by atoms with van der Waals surface area (Å²) in [6.45, 7) is 4.03. The van der Waals surface area contributed by atoms with Crippen molar-refractivity contribution in [3.05, 3.63) is 11.8 Å². The van der Waals surface area contributed by atoms with Gasteiger partial charge in [-0.15, -0.1) is 0 Å². The normalized spacial score (nSPS) is 21.5. The molecule has 2 nitrogen and oxygen atoms in total. The fourth-order valence-electron chi connectivity index (χ4n) is 1.07. The van der Waals surface area contributed by atoms with Crippen molar-refractivity contribution in [2.45, 2.75) is 49.0 Å². The molecule has 13 heavy (non-hydrogen) atoms. The van der Waals surface area contributed by atoms with Crippen LogP contribution in [0.2, 0.25) is 0 Å². The smallest absolute Gasteiger partial charge is 0.321 e. The van der Waals surface area contributed by atoms with Crippen LogP contribution in [-0.2, 0) is 9.53 Å². The quantitative estimate of drug-likeness (QED) is 0.616. The lowest BCUT2D eigenvalue weighted by molar-refractivity contribution is -0.157. The molecule has 0 amide bonds. The van der Waals surface area contributed by atoms with Crippen molar-refractivity contribution in [1.82, 2.24) is 0 Å². The predicted molar refractivity (Wildman–Crippen MR) is 58.4 cm³/mol. The minimum Gasteiger partial charge on any atom is -0.430 e. The molecule has 0 radical (unpaired) electrons. The van der Waals surface area contributed by atoms with E-state index in [1.54, 1.807) is 0 Å². The van der Waals surface area contributed by atoms with Crippen LogP contribution in [0, 0.1) is 5.92 Å². The molecule has 1 aliphatic rings. The van der Waals surface area contributed by atoms with Crippen LogP contribution in [0.25, 0.3) is 0 Å². The molecule has 1 fully saturated rings. The van der Waals surface area contributed by atoms with Crippen LogP contribution < -0.4 is 0 Å². The van der Waals surface area contributed by atoms with Crippen LogP contribution in [-0.4, -0.2) is 5.97 Å². The summed E-state index contributed by atoms with van der Waals surface area (Å²) >= 11 is 0. The molecule has 1 rings (SSSR count). The van der Waals surface area contributed by atoms with Crippen LogP contribution in [0.1, 0.15) is 49.0 Å². The first-order chi connectivity index (χ1) is 4.79. The van der Waals surface area contributed by atoms with E-state index in [9.17, 15) is 4.79 Å². The highest BCUT2D eigenvalue weighted by Gasteiger charge is 2.34. The van der Waals surface area contributed by atoms with Crippen molar-refractivity contribution in [3.63, 3.8) is 0 Å². The van der Waals surface area contributed by atoms with Gasteiger partial charge in [0.05, 0.1) is 0 Å². The van der Waals surface area contributed by atoms with Crippen molar-refractivity contribution in [3.8, 4) is 0 Å². The minimum atomic E-state index is -0.0674. The van der Waals surface area contributed by atoms with E-state index in [0.29, 0.717) is 0 Å². The molecule has 1 atom stereocenters. The third-order valence-corrected chi connectivity index (χ3v) is 1.66. The van der Waals surface area contributed by atoms with E-state index in [1.807, 2.05) is 19.9 Å². The fraction of sp³-hybridized carbons (Fsp3) is 0.727. The van der Waals surface area contributed by atoms with Gasteiger partial charge in [0.2, 0.25) is 0 Å². The van der Waals surface area contributed by atoms with Crippen molar-refractivity contribution in [1.29, 1.82) is 0 Å². The molecule has 0 N–H and O–H groups in total. The molecule has 0 saturated carbocycles.